The quantitative estimate of drug-likeness (QED) is 0.743. The molecule has 0 amide bonds. The van der Waals surface area contributed by atoms with Gasteiger partial charge in [-0.2, -0.15) is 15.0 Å². The van der Waals surface area contributed by atoms with Crippen molar-refractivity contribution < 1.29 is 5.11 Å². The molecular weight excluding hydrogens is 268 g/mol. The molecule has 1 aromatic heterocycles. The van der Waals surface area contributed by atoms with Crippen LogP contribution >= 0.6 is 0 Å². The average Bonchev–Trinajstić information content (AvgIpc) is 2.42. The van der Waals surface area contributed by atoms with Crippen molar-refractivity contribution in [2.24, 2.45) is 0 Å². The Morgan fingerprint density at radius 1 is 1.19 bits per heavy atom. The second-order valence-corrected chi connectivity index (χ2v) is 5.58. The van der Waals surface area contributed by atoms with Gasteiger partial charge in [0.2, 0.25) is 17.8 Å². The zero-order valence-corrected chi connectivity index (χ0v) is 13.2. The van der Waals surface area contributed by atoms with E-state index in [1.54, 1.807) is 0 Å². The molecule has 2 rings (SSSR count). The third-order valence-corrected chi connectivity index (χ3v) is 3.66. The number of rotatable bonds is 8. The molecule has 7 heteroatoms. The maximum Gasteiger partial charge on any atom is 0.232 e. The van der Waals surface area contributed by atoms with E-state index in [9.17, 15) is 5.11 Å². The van der Waals surface area contributed by atoms with Gasteiger partial charge >= 0.3 is 0 Å². The van der Waals surface area contributed by atoms with Crippen molar-refractivity contribution in [2.75, 3.05) is 48.9 Å². The van der Waals surface area contributed by atoms with Gasteiger partial charge in [-0.3, -0.25) is 0 Å². The number of hydrogen-bond acceptors (Lipinski definition) is 7. The van der Waals surface area contributed by atoms with E-state index >= 15 is 0 Å². The molecule has 1 fully saturated rings. The molecular formula is C14H26N6O. The van der Waals surface area contributed by atoms with Gasteiger partial charge in [0, 0.05) is 33.2 Å². The van der Waals surface area contributed by atoms with E-state index < -0.39 is 0 Å². The molecule has 1 aliphatic rings. The number of nitrogens with zero attached hydrogens (tertiary/aromatic N) is 5. The predicted octanol–water partition coefficient (Wildman–Crippen LogP) is 1.11. The van der Waals surface area contributed by atoms with Gasteiger partial charge in [-0.25, -0.2) is 0 Å². The number of nitrogens with one attached hydrogen (secondary N) is 1. The third kappa shape index (κ3) is 3.93. The maximum atomic E-state index is 9.32. The van der Waals surface area contributed by atoms with E-state index in [4.69, 9.17) is 0 Å². The third-order valence-electron chi connectivity index (χ3n) is 3.66. The predicted molar refractivity (Wildman–Crippen MR) is 85.0 cm³/mol. The number of aliphatic hydroxyl groups is 1. The summed E-state index contributed by atoms with van der Waals surface area (Å²) in [5, 5.41) is 12.5. The minimum atomic E-state index is 0.108. The summed E-state index contributed by atoms with van der Waals surface area (Å²) < 4.78 is 0. The van der Waals surface area contributed by atoms with Crippen LogP contribution in [0.5, 0.6) is 0 Å². The Kier molecular flexibility index (Phi) is 5.55. The Hall–Kier alpha value is -1.63. The van der Waals surface area contributed by atoms with Crippen LogP contribution in [0.15, 0.2) is 0 Å². The molecule has 1 aromatic rings. The summed E-state index contributed by atoms with van der Waals surface area (Å²) in [5.41, 5.74) is 0. The fourth-order valence-electron chi connectivity index (χ4n) is 2.25. The van der Waals surface area contributed by atoms with Gasteiger partial charge in [-0.1, -0.05) is 6.92 Å². The number of hydrogen-bond donors (Lipinski definition) is 2. The topological polar surface area (TPSA) is 77.4 Å². The lowest BCUT2D eigenvalue weighted by Gasteiger charge is -2.37. The first-order valence-corrected chi connectivity index (χ1v) is 7.70. The fraction of sp³-hybridized carbons (Fsp3) is 0.786. The molecule has 0 saturated heterocycles. The van der Waals surface area contributed by atoms with Gasteiger partial charge < -0.3 is 20.2 Å². The standard InChI is InChI=1S/C14H26N6O/c1-4-8-15-12-16-13(19(2)3)18-14(17-12)20(9-10-21)11-6-5-7-11/h11,21H,4-10H2,1-3H3,(H,15,16,17,18). The van der Waals surface area contributed by atoms with Gasteiger partial charge in [0.25, 0.3) is 0 Å². The van der Waals surface area contributed by atoms with E-state index in [2.05, 4.69) is 32.1 Å². The molecule has 118 valence electrons. The van der Waals surface area contributed by atoms with Crippen LogP contribution in [0.25, 0.3) is 0 Å². The molecule has 0 spiro atoms. The van der Waals surface area contributed by atoms with Crippen LogP contribution in [0.1, 0.15) is 32.6 Å². The minimum Gasteiger partial charge on any atom is -0.395 e. The van der Waals surface area contributed by atoms with Gasteiger partial charge in [-0.05, 0) is 25.7 Å². The lowest BCUT2D eigenvalue weighted by molar-refractivity contribution is 0.282. The second kappa shape index (κ2) is 7.40. The van der Waals surface area contributed by atoms with Crippen LogP contribution in [0.4, 0.5) is 17.8 Å². The molecule has 0 unspecified atom stereocenters. The van der Waals surface area contributed by atoms with Crippen molar-refractivity contribution in [1.29, 1.82) is 0 Å². The summed E-state index contributed by atoms with van der Waals surface area (Å²) in [4.78, 5) is 17.5. The smallest absolute Gasteiger partial charge is 0.232 e. The lowest BCUT2D eigenvalue weighted by atomic mass is 9.92. The van der Waals surface area contributed by atoms with Crippen molar-refractivity contribution in [1.82, 2.24) is 15.0 Å². The van der Waals surface area contributed by atoms with Gasteiger partial charge in [0.1, 0.15) is 0 Å². The summed E-state index contributed by atoms with van der Waals surface area (Å²) in [6, 6.07) is 0.439. The zero-order valence-electron chi connectivity index (χ0n) is 13.2. The average molecular weight is 294 g/mol. The lowest BCUT2D eigenvalue weighted by Crippen LogP contribution is -2.43. The maximum absolute atomic E-state index is 9.32. The van der Waals surface area contributed by atoms with Crippen molar-refractivity contribution in [2.45, 2.75) is 38.6 Å². The highest BCUT2D eigenvalue weighted by molar-refractivity contribution is 5.45. The van der Waals surface area contributed by atoms with Crippen LogP contribution < -0.4 is 15.1 Å². The Morgan fingerprint density at radius 2 is 1.90 bits per heavy atom. The molecule has 7 nitrogen and oxygen atoms in total. The van der Waals surface area contributed by atoms with Gasteiger partial charge in [-0.15, -0.1) is 0 Å². The SMILES string of the molecule is CCCNc1nc(N(C)C)nc(N(CCO)C2CCC2)n1. The van der Waals surface area contributed by atoms with E-state index in [0.29, 0.717) is 30.4 Å². The van der Waals surface area contributed by atoms with Crippen LogP contribution in [-0.2, 0) is 0 Å². The van der Waals surface area contributed by atoms with E-state index in [1.165, 1.54) is 6.42 Å². The van der Waals surface area contributed by atoms with E-state index in [-0.39, 0.29) is 6.61 Å². The number of aliphatic hydroxyl groups excluding tert-OH is 1. The molecule has 1 saturated carbocycles. The number of anilines is 3. The highest BCUT2D eigenvalue weighted by atomic mass is 16.3. The van der Waals surface area contributed by atoms with Crippen molar-refractivity contribution in [3.05, 3.63) is 0 Å². The first-order valence-electron chi connectivity index (χ1n) is 7.70. The summed E-state index contributed by atoms with van der Waals surface area (Å²) in [6.07, 6.45) is 4.53. The van der Waals surface area contributed by atoms with Crippen LogP contribution in [0.2, 0.25) is 0 Å². The number of aromatic nitrogens is 3. The largest absolute Gasteiger partial charge is 0.395 e. The monoisotopic (exact) mass is 294 g/mol. The molecule has 1 heterocycles. The van der Waals surface area contributed by atoms with E-state index in [1.807, 2.05) is 19.0 Å². The normalized spacial score (nSPS) is 14.7. The summed E-state index contributed by atoms with van der Waals surface area (Å²) in [7, 11) is 3.84. The minimum absolute atomic E-state index is 0.108. The molecule has 2 N–H and O–H groups in total. The Bertz CT molecular complexity index is 449. The van der Waals surface area contributed by atoms with Gasteiger partial charge in [0.05, 0.1) is 6.61 Å². The Labute approximate surface area is 126 Å². The fourth-order valence-corrected chi connectivity index (χ4v) is 2.25. The van der Waals surface area contributed by atoms with Crippen LogP contribution in [-0.4, -0.2) is 59.9 Å². The first-order chi connectivity index (χ1) is 10.2. The molecule has 0 aliphatic heterocycles. The summed E-state index contributed by atoms with van der Waals surface area (Å²) in [6.45, 7) is 3.61. The van der Waals surface area contributed by atoms with Crippen molar-refractivity contribution in [3.63, 3.8) is 0 Å². The highest BCUT2D eigenvalue weighted by Gasteiger charge is 2.27. The zero-order chi connectivity index (χ0) is 15.2. The molecule has 0 atom stereocenters. The Morgan fingerprint density at radius 3 is 2.43 bits per heavy atom. The van der Waals surface area contributed by atoms with Gasteiger partial charge in [0.15, 0.2) is 0 Å². The summed E-state index contributed by atoms with van der Waals surface area (Å²) >= 11 is 0. The molecule has 21 heavy (non-hydrogen) atoms. The molecule has 0 bridgehead atoms. The van der Waals surface area contributed by atoms with Crippen molar-refractivity contribution in [3.8, 4) is 0 Å². The first kappa shape index (κ1) is 15.8. The molecule has 0 radical (unpaired) electrons. The van der Waals surface area contributed by atoms with E-state index in [0.717, 1.165) is 25.8 Å². The second-order valence-electron chi connectivity index (χ2n) is 5.58. The van der Waals surface area contributed by atoms with Crippen LogP contribution in [0, 0.1) is 0 Å². The highest BCUT2D eigenvalue weighted by Crippen LogP contribution is 2.28. The molecule has 1 aliphatic carbocycles. The summed E-state index contributed by atoms with van der Waals surface area (Å²) in [5.74, 6) is 1.90. The van der Waals surface area contributed by atoms with Crippen LogP contribution in [0.3, 0.4) is 0 Å². The molecule has 0 aromatic carbocycles. The van der Waals surface area contributed by atoms with Crippen molar-refractivity contribution >= 4 is 17.8 Å². The Balaban J connectivity index is 2.27.